The number of piperidine rings is 1. The molecule has 0 amide bonds. The maximum atomic E-state index is 12.0. The van der Waals surface area contributed by atoms with Crippen LogP contribution in [0.1, 0.15) is 47.7 Å². The number of nitrogens with zero attached hydrogens (tertiary/aromatic N) is 1. The third kappa shape index (κ3) is 4.49. The van der Waals surface area contributed by atoms with E-state index in [-0.39, 0.29) is 5.97 Å². The van der Waals surface area contributed by atoms with E-state index in [9.17, 15) is 4.79 Å². The van der Waals surface area contributed by atoms with Crippen molar-refractivity contribution in [2.45, 2.75) is 32.7 Å². The minimum atomic E-state index is -0.224. The fraction of sp³-hybridized carbons (Fsp3) is 0.409. The Balaban J connectivity index is 1.65. The molecule has 132 valence electrons. The summed E-state index contributed by atoms with van der Waals surface area (Å²) in [6.07, 6.45) is 1.13. The van der Waals surface area contributed by atoms with Crippen molar-refractivity contribution >= 4 is 5.97 Å². The predicted octanol–water partition coefficient (Wildman–Crippen LogP) is 4.49. The van der Waals surface area contributed by atoms with Gasteiger partial charge >= 0.3 is 5.97 Å². The Morgan fingerprint density at radius 3 is 2.68 bits per heavy atom. The van der Waals surface area contributed by atoms with Gasteiger partial charge in [-0.3, -0.25) is 4.90 Å². The monoisotopic (exact) mass is 337 g/mol. The van der Waals surface area contributed by atoms with Crippen LogP contribution in [0.4, 0.5) is 0 Å². The lowest BCUT2D eigenvalue weighted by Gasteiger charge is -2.37. The lowest BCUT2D eigenvalue weighted by Crippen LogP contribution is -2.37. The Bertz CT molecular complexity index is 698. The Morgan fingerprint density at radius 1 is 1.16 bits per heavy atom. The zero-order chi connectivity index (χ0) is 17.6. The van der Waals surface area contributed by atoms with Crippen LogP contribution in [-0.4, -0.2) is 30.6 Å². The molecule has 3 nitrogen and oxygen atoms in total. The van der Waals surface area contributed by atoms with Crippen LogP contribution in [0.3, 0.4) is 0 Å². The van der Waals surface area contributed by atoms with Crippen molar-refractivity contribution in [3.05, 3.63) is 71.3 Å². The van der Waals surface area contributed by atoms with E-state index >= 15 is 0 Å². The van der Waals surface area contributed by atoms with Gasteiger partial charge in [-0.1, -0.05) is 49.4 Å². The first-order chi connectivity index (χ1) is 12.2. The molecule has 0 aromatic heterocycles. The number of carbonyl (C=O) groups is 1. The third-order valence-electron chi connectivity index (χ3n) is 5.06. The summed E-state index contributed by atoms with van der Waals surface area (Å²) < 4.78 is 5.13. The summed E-state index contributed by atoms with van der Waals surface area (Å²) in [5.41, 5.74) is 3.30. The van der Waals surface area contributed by atoms with Gasteiger partial charge in [-0.2, -0.15) is 0 Å². The highest BCUT2D eigenvalue weighted by Crippen LogP contribution is 2.33. The second-order valence-corrected chi connectivity index (χ2v) is 6.94. The van der Waals surface area contributed by atoms with Crippen LogP contribution < -0.4 is 0 Å². The average Bonchev–Trinajstić information content (AvgIpc) is 2.63. The van der Waals surface area contributed by atoms with Crippen molar-refractivity contribution in [3.63, 3.8) is 0 Å². The minimum Gasteiger partial charge on any atom is -0.462 e. The molecule has 1 heterocycles. The predicted molar refractivity (Wildman–Crippen MR) is 101 cm³/mol. The number of rotatable bonds is 5. The highest BCUT2D eigenvalue weighted by molar-refractivity contribution is 5.89. The van der Waals surface area contributed by atoms with Crippen molar-refractivity contribution in [2.24, 2.45) is 5.92 Å². The zero-order valence-corrected chi connectivity index (χ0v) is 15.2. The molecule has 1 saturated heterocycles. The summed E-state index contributed by atoms with van der Waals surface area (Å²) in [7, 11) is 0. The van der Waals surface area contributed by atoms with Crippen molar-refractivity contribution in [2.75, 3.05) is 19.7 Å². The van der Waals surface area contributed by atoms with E-state index in [1.54, 1.807) is 0 Å². The standard InChI is InChI=1S/C22H27NO2/c1-3-25-22(24)20-11-7-10-19(14-20)21-12-13-23(15-17(21)2)16-18-8-5-4-6-9-18/h4-11,14,17,21H,3,12-13,15-16H2,1-2H3/t17-,21-/m1/s1. The summed E-state index contributed by atoms with van der Waals surface area (Å²) in [5.74, 6) is 0.842. The normalized spacial score (nSPS) is 21.0. The molecule has 2 aromatic carbocycles. The smallest absolute Gasteiger partial charge is 0.338 e. The SMILES string of the molecule is CCOC(=O)c1cccc([C@@H]2CCN(Cc3ccccc3)C[C@H]2C)c1. The van der Waals surface area contributed by atoms with Crippen LogP contribution in [0.2, 0.25) is 0 Å². The number of esters is 1. The average molecular weight is 337 g/mol. The molecule has 0 aliphatic carbocycles. The molecule has 0 bridgehead atoms. The van der Waals surface area contributed by atoms with Gasteiger partial charge < -0.3 is 4.74 Å². The van der Waals surface area contributed by atoms with Crippen molar-refractivity contribution in [1.29, 1.82) is 0 Å². The molecule has 0 N–H and O–H groups in total. The van der Waals surface area contributed by atoms with Gasteiger partial charge in [0.2, 0.25) is 0 Å². The largest absolute Gasteiger partial charge is 0.462 e. The molecule has 0 radical (unpaired) electrons. The van der Waals surface area contributed by atoms with Crippen molar-refractivity contribution < 1.29 is 9.53 Å². The van der Waals surface area contributed by atoms with E-state index in [4.69, 9.17) is 4.74 Å². The van der Waals surface area contributed by atoms with Crippen LogP contribution in [-0.2, 0) is 11.3 Å². The first-order valence-electron chi connectivity index (χ1n) is 9.20. The van der Waals surface area contributed by atoms with Gasteiger partial charge in [-0.15, -0.1) is 0 Å². The van der Waals surface area contributed by atoms with Crippen molar-refractivity contribution in [3.8, 4) is 0 Å². The van der Waals surface area contributed by atoms with Gasteiger partial charge in [0.25, 0.3) is 0 Å². The number of hydrogen-bond acceptors (Lipinski definition) is 3. The number of carbonyl (C=O) groups excluding carboxylic acids is 1. The van der Waals surface area contributed by atoms with Gasteiger partial charge in [0, 0.05) is 13.1 Å². The lowest BCUT2D eigenvalue weighted by atomic mass is 9.81. The Labute approximate surface area is 150 Å². The lowest BCUT2D eigenvalue weighted by molar-refractivity contribution is 0.0526. The molecule has 1 aliphatic rings. The molecular formula is C22H27NO2. The van der Waals surface area contributed by atoms with E-state index < -0.39 is 0 Å². The van der Waals surface area contributed by atoms with Gasteiger partial charge in [0.05, 0.1) is 12.2 Å². The van der Waals surface area contributed by atoms with Crippen LogP contribution in [0, 0.1) is 5.92 Å². The summed E-state index contributed by atoms with van der Waals surface area (Å²) in [6.45, 7) is 7.76. The van der Waals surface area contributed by atoms with Gasteiger partial charge in [-0.25, -0.2) is 4.79 Å². The minimum absolute atomic E-state index is 0.224. The maximum Gasteiger partial charge on any atom is 0.338 e. The van der Waals surface area contributed by atoms with E-state index in [1.807, 2.05) is 25.1 Å². The summed E-state index contributed by atoms with van der Waals surface area (Å²) in [5, 5.41) is 0. The fourth-order valence-corrected chi connectivity index (χ4v) is 3.82. The van der Waals surface area contributed by atoms with E-state index in [0.29, 0.717) is 24.0 Å². The van der Waals surface area contributed by atoms with Crippen molar-refractivity contribution in [1.82, 2.24) is 4.90 Å². The number of ether oxygens (including phenoxy) is 1. The number of hydrogen-bond donors (Lipinski definition) is 0. The molecule has 0 unspecified atom stereocenters. The summed E-state index contributed by atoms with van der Waals surface area (Å²) >= 11 is 0. The maximum absolute atomic E-state index is 12.0. The molecule has 0 saturated carbocycles. The molecule has 0 spiro atoms. The Morgan fingerprint density at radius 2 is 1.96 bits per heavy atom. The summed E-state index contributed by atoms with van der Waals surface area (Å²) in [6, 6.07) is 18.6. The van der Waals surface area contributed by atoms with E-state index in [1.165, 1.54) is 11.1 Å². The van der Waals surface area contributed by atoms with Crippen LogP contribution in [0.15, 0.2) is 54.6 Å². The topological polar surface area (TPSA) is 29.5 Å². The quantitative estimate of drug-likeness (QED) is 0.753. The summed E-state index contributed by atoms with van der Waals surface area (Å²) in [4.78, 5) is 14.5. The van der Waals surface area contributed by atoms with Crippen LogP contribution >= 0.6 is 0 Å². The molecule has 3 heteroatoms. The van der Waals surface area contributed by atoms with E-state index in [0.717, 1.165) is 26.1 Å². The van der Waals surface area contributed by atoms with E-state index in [2.05, 4.69) is 48.2 Å². The molecule has 1 aliphatic heterocycles. The molecule has 25 heavy (non-hydrogen) atoms. The second kappa shape index (κ2) is 8.30. The molecule has 3 rings (SSSR count). The number of likely N-dealkylation sites (tertiary alicyclic amines) is 1. The van der Waals surface area contributed by atoms with Gasteiger partial charge in [0.1, 0.15) is 0 Å². The Hall–Kier alpha value is -2.13. The highest BCUT2D eigenvalue weighted by Gasteiger charge is 2.27. The van der Waals surface area contributed by atoms with Crippen LogP contribution in [0.25, 0.3) is 0 Å². The van der Waals surface area contributed by atoms with Crippen LogP contribution in [0.5, 0.6) is 0 Å². The highest BCUT2D eigenvalue weighted by atomic mass is 16.5. The van der Waals surface area contributed by atoms with Gasteiger partial charge in [-0.05, 0) is 55.0 Å². The molecular weight excluding hydrogens is 310 g/mol. The second-order valence-electron chi connectivity index (χ2n) is 6.94. The molecule has 2 atom stereocenters. The fourth-order valence-electron chi connectivity index (χ4n) is 3.82. The Kier molecular flexibility index (Phi) is 5.87. The molecule has 1 fully saturated rings. The van der Waals surface area contributed by atoms with Gasteiger partial charge in [0.15, 0.2) is 0 Å². The first-order valence-corrected chi connectivity index (χ1v) is 9.20. The zero-order valence-electron chi connectivity index (χ0n) is 15.2. The number of benzene rings is 2. The first kappa shape index (κ1) is 17.7. The third-order valence-corrected chi connectivity index (χ3v) is 5.06. The molecule has 2 aromatic rings.